The molecule has 0 saturated heterocycles. The van der Waals surface area contributed by atoms with E-state index in [-0.39, 0.29) is 16.2 Å². The molecule has 0 radical (unpaired) electrons. The summed E-state index contributed by atoms with van der Waals surface area (Å²) in [5.41, 5.74) is 1.21. The fourth-order valence-electron chi connectivity index (χ4n) is 2.11. The number of ether oxygens (including phenoxy) is 1. The molecule has 2 aromatic carbocycles. The summed E-state index contributed by atoms with van der Waals surface area (Å²) in [5.74, 6) is -1.11. The van der Waals surface area contributed by atoms with Crippen molar-refractivity contribution in [2.45, 2.75) is 6.92 Å². The van der Waals surface area contributed by atoms with E-state index in [1.165, 1.54) is 31.4 Å². The molecule has 0 bridgehead atoms. The number of carbonyl (C=O) groups is 1. The van der Waals surface area contributed by atoms with Crippen LogP contribution in [0.5, 0.6) is 5.75 Å². The molecule has 0 amide bonds. The Morgan fingerprint density at radius 1 is 1.32 bits per heavy atom. The average Bonchev–Trinajstić information content (AvgIpc) is 2.47. The molecular formula is C17H14ClFO3. The van der Waals surface area contributed by atoms with Gasteiger partial charge in [-0.05, 0) is 48.4 Å². The predicted octanol–water partition coefficient (Wildman–Crippen LogP) is 4.42. The highest BCUT2D eigenvalue weighted by Crippen LogP contribution is 2.28. The lowest BCUT2D eigenvalue weighted by molar-refractivity contribution is -0.130. The van der Waals surface area contributed by atoms with E-state index in [4.69, 9.17) is 16.3 Å². The SMILES string of the molecule is COc1ccc(/C(=C/c2c(F)cccc2Cl)C(=O)O)c(C)c1. The second-order valence-corrected chi connectivity index (χ2v) is 5.09. The van der Waals surface area contributed by atoms with Crippen LogP contribution in [0.15, 0.2) is 36.4 Å². The van der Waals surface area contributed by atoms with Crippen LogP contribution in [0.3, 0.4) is 0 Å². The van der Waals surface area contributed by atoms with Crippen LogP contribution in [0.25, 0.3) is 11.6 Å². The van der Waals surface area contributed by atoms with Crippen molar-refractivity contribution >= 4 is 29.2 Å². The minimum atomic E-state index is -1.16. The number of hydrogen-bond donors (Lipinski definition) is 1. The minimum Gasteiger partial charge on any atom is -0.497 e. The average molecular weight is 321 g/mol. The van der Waals surface area contributed by atoms with Gasteiger partial charge >= 0.3 is 5.97 Å². The maximum absolute atomic E-state index is 13.9. The highest BCUT2D eigenvalue weighted by Gasteiger charge is 2.16. The van der Waals surface area contributed by atoms with Gasteiger partial charge in [-0.3, -0.25) is 0 Å². The second-order valence-electron chi connectivity index (χ2n) is 4.68. The number of halogens is 2. The second kappa shape index (κ2) is 6.62. The molecule has 0 aliphatic carbocycles. The maximum atomic E-state index is 13.9. The molecular weight excluding hydrogens is 307 g/mol. The zero-order valence-corrected chi connectivity index (χ0v) is 12.8. The first-order chi connectivity index (χ1) is 10.4. The van der Waals surface area contributed by atoms with Gasteiger partial charge in [0.15, 0.2) is 0 Å². The van der Waals surface area contributed by atoms with Gasteiger partial charge in [0, 0.05) is 5.56 Å². The van der Waals surface area contributed by atoms with Gasteiger partial charge in [0.05, 0.1) is 17.7 Å². The molecule has 114 valence electrons. The van der Waals surface area contributed by atoms with E-state index < -0.39 is 11.8 Å². The number of hydrogen-bond acceptors (Lipinski definition) is 2. The molecule has 1 N–H and O–H groups in total. The lowest BCUT2D eigenvalue weighted by Crippen LogP contribution is -2.02. The van der Waals surface area contributed by atoms with E-state index >= 15 is 0 Å². The van der Waals surface area contributed by atoms with E-state index in [1.54, 1.807) is 25.1 Å². The Bertz CT molecular complexity index is 733. The monoisotopic (exact) mass is 320 g/mol. The molecule has 0 aliphatic heterocycles. The summed E-state index contributed by atoms with van der Waals surface area (Å²) in [6.45, 7) is 1.76. The number of rotatable bonds is 4. The summed E-state index contributed by atoms with van der Waals surface area (Å²) in [6.07, 6.45) is 1.24. The lowest BCUT2D eigenvalue weighted by atomic mass is 9.98. The Labute approximate surface area is 132 Å². The van der Waals surface area contributed by atoms with Crippen LogP contribution in [0, 0.1) is 12.7 Å². The van der Waals surface area contributed by atoms with Crippen molar-refractivity contribution in [2.24, 2.45) is 0 Å². The summed E-state index contributed by atoms with van der Waals surface area (Å²) in [4.78, 5) is 11.6. The van der Waals surface area contributed by atoms with Gasteiger partial charge in [0.25, 0.3) is 0 Å². The van der Waals surface area contributed by atoms with E-state index in [2.05, 4.69) is 0 Å². The number of benzene rings is 2. The smallest absolute Gasteiger partial charge is 0.336 e. The van der Waals surface area contributed by atoms with Gasteiger partial charge in [-0.25, -0.2) is 9.18 Å². The molecule has 0 saturated carbocycles. The van der Waals surface area contributed by atoms with Crippen LogP contribution >= 0.6 is 11.6 Å². The first-order valence-corrected chi connectivity index (χ1v) is 6.86. The van der Waals surface area contributed by atoms with E-state index in [0.717, 1.165) is 0 Å². The highest BCUT2D eigenvalue weighted by molar-refractivity contribution is 6.33. The summed E-state index contributed by atoms with van der Waals surface area (Å²) in [6, 6.07) is 9.21. The van der Waals surface area contributed by atoms with Gasteiger partial charge < -0.3 is 9.84 Å². The molecule has 0 atom stereocenters. The molecule has 22 heavy (non-hydrogen) atoms. The fourth-order valence-corrected chi connectivity index (χ4v) is 2.33. The number of methoxy groups -OCH3 is 1. The zero-order chi connectivity index (χ0) is 16.3. The standard InChI is InChI=1S/C17H14ClFO3/c1-10-8-11(22-2)6-7-12(10)13(17(20)21)9-14-15(18)4-3-5-16(14)19/h3-9H,1-2H3,(H,20,21)/b13-9-. The molecule has 0 spiro atoms. The third kappa shape index (κ3) is 3.28. The van der Waals surface area contributed by atoms with E-state index in [9.17, 15) is 14.3 Å². The summed E-state index contributed by atoms with van der Waals surface area (Å²) >= 11 is 5.96. The van der Waals surface area contributed by atoms with Crippen molar-refractivity contribution in [3.05, 3.63) is 63.9 Å². The topological polar surface area (TPSA) is 46.5 Å². The zero-order valence-electron chi connectivity index (χ0n) is 12.1. The molecule has 0 heterocycles. The van der Waals surface area contributed by atoms with Crippen molar-refractivity contribution in [3.8, 4) is 5.75 Å². The van der Waals surface area contributed by atoms with E-state index in [1.807, 2.05) is 0 Å². The summed E-state index contributed by atoms with van der Waals surface area (Å²) in [5, 5.41) is 9.61. The molecule has 5 heteroatoms. The van der Waals surface area contributed by atoms with Gasteiger partial charge in [-0.1, -0.05) is 23.7 Å². The van der Waals surface area contributed by atoms with Crippen LogP contribution in [0.4, 0.5) is 4.39 Å². The number of aryl methyl sites for hydroxylation is 1. The molecule has 0 unspecified atom stereocenters. The van der Waals surface area contributed by atoms with Crippen molar-refractivity contribution in [1.29, 1.82) is 0 Å². The molecule has 0 aromatic heterocycles. The van der Waals surface area contributed by atoms with Crippen LogP contribution in [0.1, 0.15) is 16.7 Å². The number of carboxylic acid groups (broad SMARTS) is 1. The van der Waals surface area contributed by atoms with Crippen LogP contribution in [-0.2, 0) is 4.79 Å². The lowest BCUT2D eigenvalue weighted by Gasteiger charge is -2.10. The predicted molar refractivity (Wildman–Crippen MR) is 84.6 cm³/mol. The van der Waals surface area contributed by atoms with Crippen molar-refractivity contribution in [3.63, 3.8) is 0 Å². The van der Waals surface area contributed by atoms with Crippen LogP contribution < -0.4 is 4.74 Å². The first-order valence-electron chi connectivity index (χ1n) is 6.48. The number of carboxylic acids is 1. The molecule has 3 nitrogen and oxygen atoms in total. The first kappa shape index (κ1) is 16.0. The summed E-state index contributed by atoms with van der Waals surface area (Å²) < 4.78 is 19.0. The largest absolute Gasteiger partial charge is 0.497 e. The third-order valence-corrected chi connectivity index (χ3v) is 3.57. The Kier molecular flexibility index (Phi) is 4.83. The Hall–Kier alpha value is -2.33. The minimum absolute atomic E-state index is 0.0350. The van der Waals surface area contributed by atoms with Crippen LogP contribution in [0.2, 0.25) is 5.02 Å². The highest BCUT2D eigenvalue weighted by atomic mass is 35.5. The van der Waals surface area contributed by atoms with Gasteiger partial charge in [0.1, 0.15) is 11.6 Å². The van der Waals surface area contributed by atoms with Gasteiger partial charge in [-0.15, -0.1) is 0 Å². The molecule has 2 rings (SSSR count). The van der Waals surface area contributed by atoms with Gasteiger partial charge in [-0.2, -0.15) is 0 Å². The van der Waals surface area contributed by atoms with Crippen molar-refractivity contribution in [2.75, 3.05) is 7.11 Å². The summed E-state index contributed by atoms with van der Waals surface area (Å²) in [7, 11) is 1.53. The quantitative estimate of drug-likeness (QED) is 0.670. The fraction of sp³-hybridized carbons (Fsp3) is 0.118. The Morgan fingerprint density at radius 3 is 2.59 bits per heavy atom. The maximum Gasteiger partial charge on any atom is 0.336 e. The van der Waals surface area contributed by atoms with Crippen molar-refractivity contribution < 1.29 is 19.0 Å². The Morgan fingerprint density at radius 2 is 2.05 bits per heavy atom. The third-order valence-electron chi connectivity index (χ3n) is 3.24. The Balaban J connectivity index is 2.61. The van der Waals surface area contributed by atoms with Crippen LogP contribution in [-0.4, -0.2) is 18.2 Å². The van der Waals surface area contributed by atoms with Crippen molar-refractivity contribution in [1.82, 2.24) is 0 Å². The molecule has 0 fully saturated rings. The molecule has 0 aliphatic rings. The normalized spacial score (nSPS) is 11.4. The van der Waals surface area contributed by atoms with Gasteiger partial charge in [0.2, 0.25) is 0 Å². The van der Waals surface area contributed by atoms with E-state index in [0.29, 0.717) is 16.9 Å². The number of aliphatic carboxylic acids is 1. The molecule has 2 aromatic rings.